The highest BCUT2D eigenvalue weighted by atomic mass is 32.1. The van der Waals surface area contributed by atoms with Crippen LogP contribution in [-0.2, 0) is 16.0 Å². The van der Waals surface area contributed by atoms with Gasteiger partial charge in [0, 0.05) is 37.4 Å². The molecule has 1 N–H and O–H groups in total. The number of carbonyl (C=O) groups excluding carboxylic acids is 2. The number of thiazole rings is 1. The highest BCUT2D eigenvalue weighted by Gasteiger charge is 2.27. The van der Waals surface area contributed by atoms with Crippen molar-refractivity contribution in [1.29, 1.82) is 0 Å². The van der Waals surface area contributed by atoms with Gasteiger partial charge in [0.2, 0.25) is 11.8 Å². The molecule has 1 aliphatic heterocycles. The Morgan fingerprint density at radius 2 is 2.17 bits per heavy atom. The molecule has 1 aromatic heterocycles. The number of piperidine rings is 1. The summed E-state index contributed by atoms with van der Waals surface area (Å²) in [6, 6.07) is 0. The average molecular weight is 337 g/mol. The van der Waals surface area contributed by atoms with Crippen LogP contribution in [0, 0.1) is 19.8 Å². The second kappa shape index (κ2) is 8.43. The molecule has 0 radical (unpaired) electrons. The van der Waals surface area contributed by atoms with Gasteiger partial charge in [-0.05, 0) is 33.1 Å². The van der Waals surface area contributed by atoms with E-state index in [1.807, 2.05) is 18.7 Å². The summed E-state index contributed by atoms with van der Waals surface area (Å²) in [6.07, 6.45) is 4.12. The molecule has 0 unspecified atom stereocenters. The first kappa shape index (κ1) is 17.9. The molecule has 23 heavy (non-hydrogen) atoms. The van der Waals surface area contributed by atoms with Crippen LogP contribution in [0.3, 0.4) is 0 Å². The second-order valence-corrected chi connectivity index (χ2v) is 7.46. The number of likely N-dealkylation sites (tertiary alicyclic amines) is 1. The Bertz CT molecular complexity index is 537. The zero-order chi connectivity index (χ0) is 16.8. The van der Waals surface area contributed by atoms with Gasteiger partial charge in [-0.1, -0.05) is 6.92 Å². The van der Waals surface area contributed by atoms with Gasteiger partial charge in [0.15, 0.2) is 0 Å². The summed E-state index contributed by atoms with van der Waals surface area (Å²) >= 11 is 1.74. The van der Waals surface area contributed by atoms with E-state index in [1.54, 1.807) is 11.3 Å². The molecular formula is C17H27N3O2S. The van der Waals surface area contributed by atoms with E-state index in [1.165, 1.54) is 4.88 Å². The number of amides is 2. The van der Waals surface area contributed by atoms with Gasteiger partial charge in [-0.3, -0.25) is 9.59 Å². The van der Waals surface area contributed by atoms with Crippen molar-refractivity contribution < 1.29 is 9.59 Å². The van der Waals surface area contributed by atoms with E-state index in [4.69, 9.17) is 0 Å². The third-order valence-corrected chi connectivity index (χ3v) is 5.52. The largest absolute Gasteiger partial charge is 0.356 e. The zero-order valence-electron chi connectivity index (χ0n) is 14.4. The van der Waals surface area contributed by atoms with Crippen molar-refractivity contribution in [1.82, 2.24) is 15.2 Å². The summed E-state index contributed by atoms with van der Waals surface area (Å²) in [5.74, 6) is 0.186. The topological polar surface area (TPSA) is 62.3 Å². The van der Waals surface area contributed by atoms with E-state index in [2.05, 4.69) is 17.2 Å². The number of aryl methyl sites for hydroxylation is 3. The molecule has 1 atom stereocenters. The molecule has 1 saturated heterocycles. The Balaban J connectivity index is 1.71. The number of aromatic nitrogens is 1. The van der Waals surface area contributed by atoms with Gasteiger partial charge in [0.25, 0.3) is 0 Å². The van der Waals surface area contributed by atoms with Crippen LogP contribution in [0.2, 0.25) is 0 Å². The van der Waals surface area contributed by atoms with E-state index in [0.29, 0.717) is 19.5 Å². The van der Waals surface area contributed by atoms with Gasteiger partial charge in [0.05, 0.1) is 16.6 Å². The molecule has 2 amide bonds. The van der Waals surface area contributed by atoms with Crippen LogP contribution in [0.1, 0.15) is 48.2 Å². The smallest absolute Gasteiger partial charge is 0.224 e. The summed E-state index contributed by atoms with van der Waals surface area (Å²) in [5, 5.41) is 4.17. The molecule has 1 fully saturated rings. The minimum Gasteiger partial charge on any atom is -0.356 e. The SMILES string of the molecule is CCC(=O)N1CCC[C@H](C(=O)NCCCc2nc(C)c(C)s2)C1. The quantitative estimate of drug-likeness (QED) is 0.811. The molecule has 128 valence electrons. The summed E-state index contributed by atoms with van der Waals surface area (Å²) < 4.78 is 0. The highest BCUT2D eigenvalue weighted by Crippen LogP contribution is 2.18. The van der Waals surface area contributed by atoms with Crippen LogP contribution in [-0.4, -0.2) is 41.3 Å². The van der Waals surface area contributed by atoms with Crippen LogP contribution >= 0.6 is 11.3 Å². The van der Waals surface area contributed by atoms with Crippen molar-refractivity contribution in [3.05, 3.63) is 15.6 Å². The molecule has 5 nitrogen and oxygen atoms in total. The van der Waals surface area contributed by atoms with E-state index < -0.39 is 0 Å². The number of nitrogens with one attached hydrogen (secondary N) is 1. The monoisotopic (exact) mass is 337 g/mol. The molecule has 0 saturated carbocycles. The first-order chi connectivity index (χ1) is 11.0. The van der Waals surface area contributed by atoms with Crippen LogP contribution in [0.15, 0.2) is 0 Å². The van der Waals surface area contributed by atoms with Crippen LogP contribution in [0.4, 0.5) is 0 Å². The maximum absolute atomic E-state index is 12.3. The Morgan fingerprint density at radius 3 is 2.83 bits per heavy atom. The number of hydrogen-bond acceptors (Lipinski definition) is 4. The Morgan fingerprint density at radius 1 is 1.39 bits per heavy atom. The summed E-state index contributed by atoms with van der Waals surface area (Å²) in [7, 11) is 0. The number of hydrogen-bond donors (Lipinski definition) is 1. The predicted molar refractivity (Wildman–Crippen MR) is 92.5 cm³/mol. The lowest BCUT2D eigenvalue weighted by molar-refractivity contribution is -0.135. The molecule has 1 aliphatic rings. The van der Waals surface area contributed by atoms with Crippen LogP contribution in [0.25, 0.3) is 0 Å². The summed E-state index contributed by atoms with van der Waals surface area (Å²) in [5.41, 5.74) is 1.11. The maximum Gasteiger partial charge on any atom is 0.224 e. The first-order valence-corrected chi connectivity index (χ1v) is 9.31. The molecule has 2 heterocycles. The fourth-order valence-corrected chi connectivity index (χ4v) is 3.86. The van der Waals surface area contributed by atoms with Crippen molar-refractivity contribution in [3.8, 4) is 0 Å². The van der Waals surface area contributed by atoms with Gasteiger partial charge in [0.1, 0.15) is 0 Å². The van der Waals surface area contributed by atoms with Gasteiger partial charge >= 0.3 is 0 Å². The van der Waals surface area contributed by atoms with Crippen molar-refractivity contribution in [3.63, 3.8) is 0 Å². The summed E-state index contributed by atoms with van der Waals surface area (Å²) in [6.45, 7) is 8.03. The lowest BCUT2D eigenvalue weighted by Gasteiger charge is -2.31. The first-order valence-electron chi connectivity index (χ1n) is 8.49. The zero-order valence-corrected chi connectivity index (χ0v) is 15.2. The van der Waals surface area contributed by atoms with Gasteiger partial charge in [-0.25, -0.2) is 4.98 Å². The fourth-order valence-electron chi connectivity index (χ4n) is 2.88. The molecule has 0 aromatic carbocycles. The third-order valence-electron chi connectivity index (χ3n) is 4.39. The maximum atomic E-state index is 12.3. The van der Waals surface area contributed by atoms with Gasteiger partial charge in [-0.15, -0.1) is 11.3 Å². The number of nitrogens with zero attached hydrogens (tertiary/aromatic N) is 2. The van der Waals surface area contributed by atoms with Gasteiger partial charge < -0.3 is 10.2 Å². The molecule has 0 spiro atoms. The normalized spacial score (nSPS) is 18.0. The fraction of sp³-hybridized carbons (Fsp3) is 0.706. The minimum absolute atomic E-state index is 0.0522. The Labute approximate surface area is 142 Å². The molecule has 0 bridgehead atoms. The molecule has 2 rings (SSSR count). The average Bonchev–Trinajstić information content (AvgIpc) is 2.88. The van der Waals surface area contributed by atoms with Crippen molar-refractivity contribution >= 4 is 23.2 Å². The van der Waals surface area contributed by atoms with Crippen molar-refractivity contribution in [2.75, 3.05) is 19.6 Å². The lowest BCUT2D eigenvalue weighted by atomic mass is 9.97. The minimum atomic E-state index is -0.0522. The van der Waals surface area contributed by atoms with Crippen molar-refractivity contribution in [2.45, 2.75) is 52.9 Å². The number of rotatable bonds is 6. The number of carbonyl (C=O) groups is 2. The van der Waals surface area contributed by atoms with Crippen molar-refractivity contribution in [2.24, 2.45) is 5.92 Å². The molecule has 6 heteroatoms. The summed E-state index contributed by atoms with van der Waals surface area (Å²) in [4.78, 5) is 31.6. The van der Waals surface area contributed by atoms with E-state index >= 15 is 0 Å². The van der Waals surface area contributed by atoms with Crippen LogP contribution < -0.4 is 5.32 Å². The second-order valence-electron chi connectivity index (χ2n) is 6.18. The van der Waals surface area contributed by atoms with E-state index in [-0.39, 0.29) is 17.7 Å². The van der Waals surface area contributed by atoms with E-state index in [0.717, 1.165) is 42.9 Å². The lowest BCUT2D eigenvalue weighted by Crippen LogP contribution is -2.45. The highest BCUT2D eigenvalue weighted by molar-refractivity contribution is 7.11. The Kier molecular flexibility index (Phi) is 6.57. The van der Waals surface area contributed by atoms with E-state index in [9.17, 15) is 9.59 Å². The van der Waals surface area contributed by atoms with Crippen LogP contribution in [0.5, 0.6) is 0 Å². The Hall–Kier alpha value is -1.43. The van der Waals surface area contributed by atoms with Gasteiger partial charge in [-0.2, -0.15) is 0 Å². The predicted octanol–water partition coefficient (Wildman–Crippen LogP) is 2.46. The standard InChI is InChI=1S/C17H27N3O2S/c1-4-16(21)20-10-6-7-14(11-20)17(22)18-9-5-8-15-19-12(2)13(3)23-15/h14H,4-11H2,1-3H3,(H,18,22)/t14-/m0/s1. The third kappa shape index (κ3) is 5.03. The molecule has 1 aromatic rings. The molecule has 0 aliphatic carbocycles. The molecular weight excluding hydrogens is 310 g/mol.